The van der Waals surface area contributed by atoms with Crippen molar-refractivity contribution in [3.05, 3.63) is 0 Å². The summed E-state index contributed by atoms with van der Waals surface area (Å²) in [7, 11) is 0. The lowest BCUT2D eigenvalue weighted by Gasteiger charge is -2.47. The summed E-state index contributed by atoms with van der Waals surface area (Å²) in [5.41, 5.74) is 30.0. The summed E-state index contributed by atoms with van der Waals surface area (Å²) in [4.78, 5) is 0. The molecular weight excluding hydrogens is 414 g/mol. The van der Waals surface area contributed by atoms with Gasteiger partial charge in [-0.05, 0) is 19.3 Å². The van der Waals surface area contributed by atoms with Crippen molar-refractivity contribution < 1.29 is 39.4 Å². The zero-order valence-corrected chi connectivity index (χ0v) is 17.3. The summed E-state index contributed by atoms with van der Waals surface area (Å²) in [5, 5.41) is 40.7. The van der Waals surface area contributed by atoms with Gasteiger partial charge in [0.1, 0.15) is 36.6 Å². The molecule has 0 aromatic heterocycles. The van der Waals surface area contributed by atoms with Gasteiger partial charge in [-0.1, -0.05) is 0 Å². The molecule has 0 amide bonds. The largest absolute Gasteiger partial charge is 0.394 e. The third-order valence-electron chi connectivity index (χ3n) is 6.34. The zero-order valence-electron chi connectivity index (χ0n) is 17.3. The molecule has 0 aromatic rings. The minimum Gasteiger partial charge on any atom is -0.394 e. The second-order valence-electron chi connectivity index (χ2n) is 8.64. The molecule has 2 aliphatic heterocycles. The Morgan fingerprint density at radius 1 is 0.774 bits per heavy atom. The van der Waals surface area contributed by atoms with E-state index in [1.54, 1.807) is 0 Å². The van der Waals surface area contributed by atoms with Gasteiger partial charge in [-0.25, -0.2) is 0 Å². The summed E-state index contributed by atoms with van der Waals surface area (Å²) in [5.74, 6) is 0. The predicted molar refractivity (Wildman–Crippen MR) is 107 cm³/mol. The summed E-state index contributed by atoms with van der Waals surface area (Å²) in [6.45, 7) is -0.214. The monoisotopic (exact) mass is 451 g/mol. The molecule has 0 radical (unpaired) electrons. The molecule has 0 aromatic carbocycles. The van der Waals surface area contributed by atoms with Crippen LogP contribution in [0.3, 0.4) is 0 Å². The first kappa shape index (κ1) is 25.1. The van der Waals surface area contributed by atoms with Crippen LogP contribution in [-0.2, 0) is 18.9 Å². The lowest BCUT2D eigenvalue weighted by molar-refractivity contribution is -0.313. The Morgan fingerprint density at radius 2 is 1.39 bits per heavy atom. The molecule has 5 unspecified atom stereocenters. The van der Waals surface area contributed by atoms with Crippen LogP contribution in [0.4, 0.5) is 0 Å². The van der Waals surface area contributed by atoms with Crippen LogP contribution >= 0.6 is 0 Å². The first-order valence-corrected chi connectivity index (χ1v) is 10.7. The number of aliphatic hydroxyl groups excluding tert-OH is 4. The molecule has 0 bridgehead atoms. The number of aliphatic hydroxyl groups is 4. The Kier molecular flexibility index (Phi) is 8.59. The van der Waals surface area contributed by atoms with Crippen LogP contribution in [0, 0.1) is 0 Å². The fourth-order valence-electron chi connectivity index (χ4n) is 4.36. The summed E-state index contributed by atoms with van der Waals surface area (Å²) in [6.07, 6.45) is -7.72. The normalized spacial score (nSPS) is 51.6. The summed E-state index contributed by atoms with van der Waals surface area (Å²) in [6, 6.07) is -2.85. The van der Waals surface area contributed by atoms with E-state index in [0.717, 1.165) is 0 Å². The van der Waals surface area contributed by atoms with Crippen molar-refractivity contribution in [1.82, 2.24) is 0 Å². The Morgan fingerprint density at radius 3 is 1.97 bits per heavy atom. The van der Waals surface area contributed by atoms with Crippen molar-refractivity contribution in [2.75, 3.05) is 13.2 Å². The third kappa shape index (κ3) is 5.35. The van der Waals surface area contributed by atoms with Crippen LogP contribution in [0.2, 0.25) is 0 Å². The lowest BCUT2D eigenvalue weighted by atomic mass is 9.84. The van der Waals surface area contributed by atoms with E-state index in [4.69, 9.17) is 47.6 Å². The van der Waals surface area contributed by atoms with Gasteiger partial charge in [0.05, 0.1) is 24.8 Å². The van der Waals surface area contributed by atoms with E-state index in [-0.39, 0.29) is 12.5 Å². The predicted octanol–water partition coefficient (Wildman–Crippen LogP) is -5.27. The Balaban J connectivity index is 1.69. The maximum atomic E-state index is 11.0. The van der Waals surface area contributed by atoms with E-state index in [1.165, 1.54) is 0 Å². The van der Waals surface area contributed by atoms with Gasteiger partial charge in [0.25, 0.3) is 0 Å². The second-order valence-corrected chi connectivity index (χ2v) is 8.64. The van der Waals surface area contributed by atoms with Crippen molar-refractivity contribution in [1.29, 1.82) is 0 Å². The Labute approximate surface area is 180 Å². The van der Waals surface area contributed by atoms with Gasteiger partial charge in [-0.3, -0.25) is 0 Å². The van der Waals surface area contributed by atoms with Crippen molar-refractivity contribution in [3.63, 3.8) is 0 Å². The molecule has 13 heteroatoms. The van der Waals surface area contributed by atoms with E-state index in [0.29, 0.717) is 19.4 Å². The maximum absolute atomic E-state index is 11.0. The minimum absolute atomic E-state index is 0.204. The zero-order chi connectivity index (χ0) is 22.9. The van der Waals surface area contributed by atoms with E-state index in [1.807, 2.05) is 0 Å². The van der Waals surface area contributed by atoms with Crippen LogP contribution in [0.15, 0.2) is 0 Å². The van der Waals surface area contributed by atoms with E-state index in [9.17, 15) is 20.4 Å². The molecule has 1 saturated carbocycles. The lowest BCUT2D eigenvalue weighted by Crippen LogP contribution is -2.68. The Bertz CT molecular complexity index is 577. The summed E-state index contributed by atoms with van der Waals surface area (Å²) >= 11 is 0. The van der Waals surface area contributed by atoms with Gasteiger partial charge in [0.15, 0.2) is 12.6 Å². The quantitative estimate of drug-likeness (QED) is 0.183. The number of rotatable bonds is 6. The summed E-state index contributed by atoms with van der Waals surface area (Å²) < 4.78 is 23.0. The van der Waals surface area contributed by atoms with Crippen LogP contribution in [0.5, 0.6) is 0 Å². The maximum Gasteiger partial charge on any atom is 0.186 e. The molecule has 14 N–H and O–H groups in total. The fraction of sp³-hybridized carbons (Fsp3) is 1.00. The van der Waals surface area contributed by atoms with Crippen molar-refractivity contribution >= 4 is 0 Å². The number of ether oxygens (including phenoxy) is 4. The smallest absolute Gasteiger partial charge is 0.186 e. The van der Waals surface area contributed by atoms with Crippen LogP contribution < -0.4 is 28.7 Å². The number of hydrogen-bond acceptors (Lipinski definition) is 13. The van der Waals surface area contributed by atoms with Gasteiger partial charge in [-0.2, -0.15) is 0 Å². The van der Waals surface area contributed by atoms with E-state index >= 15 is 0 Å². The molecule has 0 spiro atoms. The van der Waals surface area contributed by atoms with Crippen LogP contribution in [0.1, 0.15) is 19.3 Å². The average Bonchev–Trinajstić information content (AvgIpc) is 2.75. The molecule has 13 nitrogen and oxygen atoms in total. The minimum atomic E-state index is -1.41. The molecule has 13 atom stereocenters. The first-order valence-electron chi connectivity index (χ1n) is 10.7. The van der Waals surface area contributed by atoms with Gasteiger partial charge >= 0.3 is 0 Å². The molecule has 182 valence electrons. The number of nitrogens with two attached hydrogens (primary N) is 5. The molecule has 2 heterocycles. The van der Waals surface area contributed by atoms with E-state index in [2.05, 4.69) is 0 Å². The molecule has 3 rings (SSSR count). The van der Waals surface area contributed by atoms with Gasteiger partial charge in [0, 0.05) is 18.6 Å². The van der Waals surface area contributed by atoms with Crippen LogP contribution in [-0.4, -0.2) is 113 Å². The van der Waals surface area contributed by atoms with E-state index < -0.39 is 80.0 Å². The standard InChI is InChI=1S/C18H37N5O8/c19-4-6-1-2-7(20)17(28-6)30-15-8(21)3-9(22)16(14(15)27)31-18-13(26)11(23)12(25)10(5-24)29-18/h6-18,24-27H,1-5,19-23H2/t6-,7?,8-,9+,10?,11-,12+,13?,14?,15?,16-,17+,18+/m0/s1. The molecule has 3 fully saturated rings. The molecule has 2 saturated heterocycles. The van der Waals surface area contributed by atoms with Gasteiger partial charge in [0.2, 0.25) is 0 Å². The number of hydrogen-bond donors (Lipinski definition) is 9. The highest BCUT2D eigenvalue weighted by Gasteiger charge is 2.49. The molecular formula is C18H37N5O8. The molecule has 1 aliphatic carbocycles. The molecule has 31 heavy (non-hydrogen) atoms. The average molecular weight is 452 g/mol. The first-order chi connectivity index (χ1) is 14.7. The fourth-order valence-corrected chi connectivity index (χ4v) is 4.36. The topological polar surface area (TPSA) is 248 Å². The van der Waals surface area contributed by atoms with Crippen molar-refractivity contribution in [3.8, 4) is 0 Å². The highest BCUT2D eigenvalue weighted by Crippen LogP contribution is 2.30. The van der Waals surface area contributed by atoms with Crippen LogP contribution in [0.25, 0.3) is 0 Å². The van der Waals surface area contributed by atoms with Crippen molar-refractivity contribution in [2.24, 2.45) is 28.7 Å². The highest BCUT2D eigenvalue weighted by molar-refractivity contribution is 5.00. The SMILES string of the molecule is NC[C@@H]1CCC(N)[C@@H](OC2C(O)[C@@H](O[C@H]3OC(CO)[C@@H](O)[C@H](N)C3O)[C@H](N)C[C@@H]2N)O1. The van der Waals surface area contributed by atoms with Gasteiger partial charge in [-0.15, -0.1) is 0 Å². The van der Waals surface area contributed by atoms with Gasteiger partial charge < -0.3 is 68.0 Å². The Hall–Kier alpha value is -0.520. The second kappa shape index (κ2) is 10.6. The van der Waals surface area contributed by atoms with Crippen molar-refractivity contribution in [2.45, 2.75) is 98.7 Å². The third-order valence-corrected chi connectivity index (χ3v) is 6.34. The highest BCUT2D eigenvalue weighted by atomic mass is 16.7. The molecule has 3 aliphatic rings.